The number of fused-ring (bicyclic) bond motifs is 1. The van der Waals surface area contributed by atoms with Crippen molar-refractivity contribution < 1.29 is 14.3 Å². The third-order valence-corrected chi connectivity index (χ3v) is 6.33. The van der Waals surface area contributed by atoms with Gasteiger partial charge in [0.2, 0.25) is 0 Å². The zero-order valence-corrected chi connectivity index (χ0v) is 18.6. The molecule has 0 aliphatic carbocycles. The Bertz CT molecular complexity index is 1090. The number of hydrogen-bond donors (Lipinski definition) is 0. The molecule has 2 aromatic heterocycles. The minimum Gasteiger partial charge on any atom is -0.488 e. The second-order valence-electron chi connectivity index (χ2n) is 8.68. The highest BCUT2D eigenvalue weighted by atomic mass is 32.1. The first kappa shape index (κ1) is 20.5. The summed E-state index contributed by atoms with van der Waals surface area (Å²) in [6, 6.07) is 11.3. The first-order valence-corrected chi connectivity index (χ1v) is 11.0. The Morgan fingerprint density at radius 3 is 2.67 bits per heavy atom. The van der Waals surface area contributed by atoms with E-state index in [4.69, 9.17) is 4.74 Å². The zero-order chi connectivity index (χ0) is 21.5. The molecule has 6 heteroatoms. The first-order chi connectivity index (χ1) is 14.2. The monoisotopic (exact) mass is 422 g/mol. The van der Waals surface area contributed by atoms with Crippen LogP contribution in [0.2, 0.25) is 0 Å². The topological polar surface area (TPSA) is 61.2 Å². The number of hydrogen-bond acceptors (Lipinski definition) is 5. The standard InChI is InChI=1S/C24H26N2O3S/c1-15-23(16-7-9-17(10-8-16)29-24(2,3)4)30-22(25-15)14-21(28)19-11-12-20(27)18-6-5-13-26(18)19/h5-10,13,19H,11-12,14H2,1-4H3/t19-/m1/s1. The Morgan fingerprint density at radius 1 is 1.23 bits per heavy atom. The molecule has 1 aromatic carbocycles. The number of rotatable bonds is 5. The van der Waals surface area contributed by atoms with E-state index in [-0.39, 0.29) is 29.6 Å². The largest absolute Gasteiger partial charge is 0.488 e. The quantitative estimate of drug-likeness (QED) is 0.550. The fraction of sp³-hybridized carbons (Fsp3) is 0.375. The fourth-order valence-corrected chi connectivity index (χ4v) is 4.92. The molecule has 0 N–H and O–H groups in total. The summed E-state index contributed by atoms with van der Waals surface area (Å²) in [5, 5.41) is 0.813. The molecule has 30 heavy (non-hydrogen) atoms. The van der Waals surface area contributed by atoms with Crippen molar-refractivity contribution in [2.24, 2.45) is 0 Å². The van der Waals surface area contributed by atoms with Gasteiger partial charge in [0.05, 0.1) is 28.7 Å². The minimum atomic E-state index is -0.283. The van der Waals surface area contributed by atoms with Crippen LogP contribution < -0.4 is 4.74 Å². The Balaban J connectivity index is 1.50. The van der Waals surface area contributed by atoms with Crippen molar-refractivity contribution in [1.82, 2.24) is 9.55 Å². The van der Waals surface area contributed by atoms with Crippen molar-refractivity contribution >= 4 is 22.9 Å². The van der Waals surface area contributed by atoms with Crippen molar-refractivity contribution in [3.8, 4) is 16.2 Å². The van der Waals surface area contributed by atoms with E-state index in [2.05, 4.69) is 4.98 Å². The molecule has 156 valence electrons. The summed E-state index contributed by atoms with van der Waals surface area (Å²) < 4.78 is 7.72. The number of ketones is 2. The van der Waals surface area contributed by atoms with Crippen LogP contribution in [0.25, 0.3) is 10.4 Å². The maximum atomic E-state index is 13.0. The minimum absolute atomic E-state index is 0.106. The van der Waals surface area contributed by atoms with E-state index in [0.29, 0.717) is 18.5 Å². The molecule has 5 nitrogen and oxygen atoms in total. The molecule has 0 spiro atoms. The molecule has 0 radical (unpaired) electrons. The smallest absolute Gasteiger partial charge is 0.179 e. The second kappa shape index (κ2) is 7.84. The Hall–Kier alpha value is -2.73. The second-order valence-corrected chi connectivity index (χ2v) is 9.77. The van der Waals surface area contributed by atoms with Gasteiger partial charge in [0.25, 0.3) is 0 Å². The lowest BCUT2D eigenvalue weighted by Gasteiger charge is -2.24. The summed E-state index contributed by atoms with van der Waals surface area (Å²) in [5.74, 6) is 1.04. The van der Waals surface area contributed by atoms with Crippen molar-refractivity contribution in [1.29, 1.82) is 0 Å². The highest BCUT2D eigenvalue weighted by molar-refractivity contribution is 7.15. The number of ether oxygens (including phenoxy) is 1. The summed E-state index contributed by atoms with van der Waals surface area (Å²) in [5.41, 5.74) is 2.39. The van der Waals surface area contributed by atoms with E-state index >= 15 is 0 Å². The molecule has 0 amide bonds. The maximum absolute atomic E-state index is 13.0. The van der Waals surface area contributed by atoms with Crippen LogP contribution in [0.1, 0.15) is 60.8 Å². The molecule has 1 aliphatic heterocycles. The highest BCUT2D eigenvalue weighted by Crippen LogP contribution is 2.33. The molecule has 1 aliphatic rings. The molecule has 0 saturated heterocycles. The van der Waals surface area contributed by atoms with Crippen LogP contribution in [0.5, 0.6) is 5.75 Å². The van der Waals surface area contributed by atoms with Crippen molar-refractivity contribution in [3.05, 3.63) is 59.0 Å². The van der Waals surface area contributed by atoms with Crippen LogP contribution >= 0.6 is 11.3 Å². The lowest BCUT2D eigenvalue weighted by atomic mass is 9.97. The van der Waals surface area contributed by atoms with Crippen LogP contribution in [0.15, 0.2) is 42.6 Å². The van der Waals surface area contributed by atoms with Gasteiger partial charge in [-0.2, -0.15) is 0 Å². The van der Waals surface area contributed by atoms with E-state index in [1.807, 2.05) is 68.8 Å². The van der Waals surface area contributed by atoms with Crippen molar-refractivity contribution in [2.75, 3.05) is 0 Å². The van der Waals surface area contributed by atoms with E-state index in [0.717, 1.165) is 26.9 Å². The van der Waals surface area contributed by atoms with Gasteiger partial charge in [-0.25, -0.2) is 4.98 Å². The van der Waals surface area contributed by atoms with E-state index in [9.17, 15) is 9.59 Å². The average molecular weight is 423 g/mol. The van der Waals surface area contributed by atoms with E-state index < -0.39 is 0 Å². The van der Waals surface area contributed by atoms with Gasteiger partial charge < -0.3 is 9.30 Å². The third-order valence-electron chi connectivity index (χ3n) is 5.12. The predicted molar refractivity (Wildman–Crippen MR) is 118 cm³/mol. The number of Topliss-reactive ketones (excluding diaryl/α,β-unsaturated/α-hetero) is 2. The van der Waals surface area contributed by atoms with Crippen LogP contribution in [0, 0.1) is 6.92 Å². The summed E-state index contributed by atoms with van der Waals surface area (Å²) in [4.78, 5) is 30.7. The Labute approximate surface area is 180 Å². The molecular formula is C24H26N2O3S. The van der Waals surface area contributed by atoms with Gasteiger partial charge in [-0.3, -0.25) is 9.59 Å². The summed E-state index contributed by atoms with van der Waals surface area (Å²) >= 11 is 1.56. The molecule has 1 atom stereocenters. The summed E-state index contributed by atoms with van der Waals surface area (Å²) in [6.07, 6.45) is 3.10. The molecule has 4 rings (SSSR count). The Morgan fingerprint density at radius 2 is 1.97 bits per heavy atom. The maximum Gasteiger partial charge on any atom is 0.179 e. The number of thiazole rings is 1. The number of carbonyl (C=O) groups excluding carboxylic acids is 2. The summed E-state index contributed by atoms with van der Waals surface area (Å²) in [6.45, 7) is 8.05. The molecule has 3 aromatic rings. The molecular weight excluding hydrogens is 396 g/mol. The van der Waals surface area contributed by atoms with Crippen molar-refractivity contribution in [3.63, 3.8) is 0 Å². The number of aryl methyl sites for hydroxylation is 1. The van der Waals surface area contributed by atoms with E-state index in [1.165, 1.54) is 0 Å². The van der Waals surface area contributed by atoms with Crippen molar-refractivity contribution in [2.45, 2.75) is 58.6 Å². The number of nitrogens with zero attached hydrogens (tertiary/aromatic N) is 2. The first-order valence-electron chi connectivity index (χ1n) is 10.2. The zero-order valence-electron chi connectivity index (χ0n) is 17.8. The van der Waals surface area contributed by atoms with Crippen LogP contribution in [0.4, 0.5) is 0 Å². The van der Waals surface area contributed by atoms with Crippen LogP contribution in [-0.2, 0) is 11.2 Å². The van der Waals surface area contributed by atoms with Gasteiger partial charge in [0.15, 0.2) is 11.6 Å². The SMILES string of the molecule is Cc1nc(CC(=O)[C@H]2CCC(=O)c3cccn32)sc1-c1ccc(OC(C)(C)C)cc1. The van der Waals surface area contributed by atoms with Gasteiger partial charge in [-0.05, 0) is 76.1 Å². The molecule has 0 saturated carbocycles. The van der Waals surface area contributed by atoms with Gasteiger partial charge in [0, 0.05) is 12.6 Å². The summed E-state index contributed by atoms with van der Waals surface area (Å²) in [7, 11) is 0. The number of carbonyl (C=O) groups is 2. The predicted octanol–water partition coefficient (Wildman–Crippen LogP) is 5.43. The number of aromatic nitrogens is 2. The third kappa shape index (κ3) is 4.24. The lowest BCUT2D eigenvalue weighted by molar-refractivity contribution is -0.121. The number of benzene rings is 1. The molecule has 3 heterocycles. The molecule has 0 bridgehead atoms. The lowest BCUT2D eigenvalue weighted by Crippen LogP contribution is -2.28. The Kier molecular flexibility index (Phi) is 5.36. The molecule has 0 unspecified atom stereocenters. The van der Waals surface area contributed by atoms with Crippen LogP contribution in [-0.4, -0.2) is 26.7 Å². The van der Waals surface area contributed by atoms with E-state index in [1.54, 1.807) is 17.4 Å². The molecule has 0 fully saturated rings. The normalized spacial score (nSPS) is 16.4. The van der Waals surface area contributed by atoms with Gasteiger partial charge in [-0.1, -0.05) is 0 Å². The average Bonchev–Trinajstić information content (AvgIpc) is 3.29. The van der Waals surface area contributed by atoms with Gasteiger partial charge >= 0.3 is 0 Å². The highest BCUT2D eigenvalue weighted by Gasteiger charge is 2.30. The van der Waals surface area contributed by atoms with Gasteiger partial charge in [0.1, 0.15) is 16.4 Å². The fourth-order valence-electron chi connectivity index (χ4n) is 3.84. The van der Waals surface area contributed by atoms with Crippen LogP contribution in [0.3, 0.4) is 0 Å². The van der Waals surface area contributed by atoms with Gasteiger partial charge in [-0.15, -0.1) is 11.3 Å².